The summed E-state index contributed by atoms with van der Waals surface area (Å²) < 4.78 is 12.3. The molecule has 0 saturated carbocycles. The Bertz CT molecular complexity index is 1030. The number of ether oxygens (including phenoxy) is 2. The van der Waals surface area contributed by atoms with E-state index in [1.807, 2.05) is 60.7 Å². The monoisotopic (exact) mass is 483 g/mol. The Hall–Kier alpha value is -2.77. The quantitative estimate of drug-likeness (QED) is 0.256. The number of thioether (sulfide) groups is 1. The molecular weight excluding hydrogens is 462 g/mol. The molecule has 0 spiro atoms. The van der Waals surface area contributed by atoms with Gasteiger partial charge in [-0.3, -0.25) is 0 Å². The number of hydrogen-bond donors (Lipinski definition) is 1. The number of methoxy groups -OCH3 is 1. The third kappa shape index (κ3) is 6.64. The van der Waals surface area contributed by atoms with Gasteiger partial charge in [0.1, 0.15) is 18.1 Å². The summed E-state index contributed by atoms with van der Waals surface area (Å²) in [5.41, 5.74) is 8.92. The zero-order valence-corrected chi connectivity index (χ0v) is 18.9. The SMILES string of the molecule is COc1ccc(C=NN=C(N)SCc2ccccc2)cc1COc1ccccc1Br. The van der Waals surface area contributed by atoms with Crippen molar-refractivity contribution < 1.29 is 9.47 Å². The van der Waals surface area contributed by atoms with Crippen LogP contribution in [0.15, 0.2) is 87.5 Å². The maximum atomic E-state index is 5.94. The lowest BCUT2D eigenvalue weighted by molar-refractivity contribution is 0.295. The first-order chi connectivity index (χ1) is 14.7. The lowest BCUT2D eigenvalue weighted by Gasteiger charge is -2.12. The van der Waals surface area contributed by atoms with Crippen LogP contribution in [0.1, 0.15) is 16.7 Å². The third-order valence-electron chi connectivity index (χ3n) is 4.12. The van der Waals surface area contributed by atoms with Gasteiger partial charge in [-0.15, -0.1) is 5.10 Å². The van der Waals surface area contributed by atoms with Crippen LogP contribution in [0.3, 0.4) is 0 Å². The Morgan fingerprint density at radius 3 is 2.57 bits per heavy atom. The summed E-state index contributed by atoms with van der Waals surface area (Å²) in [7, 11) is 1.64. The molecule has 0 saturated heterocycles. The molecule has 0 bridgehead atoms. The van der Waals surface area contributed by atoms with Gasteiger partial charge in [-0.25, -0.2) is 0 Å². The molecule has 3 rings (SSSR count). The molecular formula is C23H22BrN3O2S. The first-order valence-corrected chi connectivity index (χ1v) is 11.0. The van der Waals surface area contributed by atoms with E-state index in [1.54, 1.807) is 13.3 Å². The van der Waals surface area contributed by atoms with E-state index in [-0.39, 0.29) is 0 Å². The second kappa shape index (κ2) is 11.4. The largest absolute Gasteiger partial charge is 0.496 e. The average Bonchev–Trinajstić information content (AvgIpc) is 2.78. The molecule has 3 aromatic rings. The van der Waals surface area contributed by atoms with E-state index in [2.05, 4.69) is 38.3 Å². The molecule has 0 aliphatic heterocycles. The molecule has 0 atom stereocenters. The van der Waals surface area contributed by atoms with E-state index in [9.17, 15) is 0 Å². The number of para-hydroxylation sites is 1. The molecule has 0 radical (unpaired) electrons. The maximum absolute atomic E-state index is 5.94. The summed E-state index contributed by atoms with van der Waals surface area (Å²) in [6, 6.07) is 23.6. The number of hydrogen-bond acceptors (Lipinski definition) is 5. The molecule has 154 valence electrons. The average molecular weight is 484 g/mol. The lowest BCUT2D eigenvalue weighted by atomic mass is 10.1. The van der Waals surface area contributed by atoms with Gasteiger partial charge >= 0.3 is 0 Å². The topological polar surface area (TPSA) is 69.2 Å². The minimum absolute atomic E-state index is 0.367. The molecule has 0 fully saturated rings. The zero-order valence-electron chi connectivity index (χ0n) is 16.5. The Morgan fingerprint density at radius 2 is 1.80 bits per heavy atom. The first-order valence-electron chi connectivity index (χ1n) is 9.23. The molecule has 2 N–H and O–H groups in total. The molecule has 0 aliphatic carbocycles. The van der Waals surface area contributed by atoms with Crippen molar-refractivity contribution >= 4 is 39.1 Å². The number of amidine groups is 1. The van der Waals surface area contributed by atoms with Crippen LogP contribution in [0, 0.1) is 0 Å². The summed E-state index contributed by atoms with van der Waals surface area (Å²) in [5, 5.41) is 8.60. The van der Waals surface area contributed by atoms with Crippen molar-refractivity contribution in [2.45, 2.75) is 12.4 Å². The predicted molar refractivity (Wildman–Crippen MR) is 128 cm³/mol. The van der Waals surface area contributed by atoms with Crippen molar-refractivity contribution in [1.82, 2.24) is 0 Å². The van der Waals surface area contributed by atoms with Crippen LogP contribution in [-0.4, -0.2) is 18.5 Å². The third-order valence-corrected chi connectivity index (χ3v) is 5.63. The molecule has 30 heavy (non-hydrogen) atoms. The highest BCUT2D eigenvalue weighted by Crippen LogP contribution is 2.27. The van der Waals surface area contributed by atoms with Gasteiger partial charge in [-0.05, 0) is 57.4 Å². The fourth-order valence-corrected chi connectivity index (χ4v) is 3.63. The number of nitrogens with two attached hydrogens (primary N) is 1. The Morgan fingerprint density at radius 1 is 1.03 bits per heavy atom. The van der Waals surface area contributed by atoms with Crippen molar-refractivity contribution in [2.75, 3.05) is 7.11 Å². The van der Waals surface area contributed by atoms with E-state index in [1.165, 1.54) is 17.3 Å². The van der Waals surface area contributed by atoms with Crippen molar-refractivity contribution in [3.05, 3.63) is 94.0 Å². The van der Waals surface area contributed by atoms with Crippen LogP contribution in [0.4, 0.5) is 0 Å². The van der Waals surface area contributed by atoms with Crippen molar-refractivity contribution in [1.29, 1.82) is 0 Å². The Balaban J connectivity index is 1.62. The minimum atomic E-state index is 0.367. The lowest BCUT2D eigenvalue weighted by Crippen LogP contribution is -2.06. The van der Waals surface area contributed by atoms with E-state index >= 15 is 0 Å². The number of nitrogens with zero attached hydrogens (tertiary/aromatic N) is 2. The molecule has 0 heterocycles. The van der Waals surface area contributed by atoms with Crippen molar-refractivity contribution in [3.8, 4) is 11.5 Å². The molecule has 7 heteroatoms. The van der Waals surface area contributed by atoms with Gasteiger partial charge in [0.15, 0.2) is 5.17 Å². The number of halogens is 1. The van der Waals surface area contributed by atoms with Gasteiger partial charge in [-0.2, -0.15) is 5.10 Å². The highest BCUT2D eigenvalue weighted by molar-refractivity contribution is 9.10. The van der Waals surface area contributed by atoms with Crippen molar-refractivity contribution in [3.63, 3.8) is 0 Å². The van der Waals surface area contributed by atoms with Crippen LogP contribution in [0.5, 0.6) is 11.5 Å². The first kappa shape index (κ1) is 21.9. The second-order valence-corrected chi connectivity index (χ2v) is 8.10. The van der Waals surface area contributed by atoms with Crippen LogP contribution in [0.25, 0.3) is 0 Å². The van der Waals surface area contributed by atoms with Crippen LogP contribution in [0.2, 0.25) is 0 Å². The van der Waals surface area contributed by atoms with E-state index in [0.29, 0.717) is 11.8 Å². The molecule has 0 aromatic heterocycles. The zero-order chi connectivity index (χ0) is 21.2. The fourth-order valence-electron chi connectivity index (χ4n) is 2.62. The summed E-state index contributed by atoms with van der Waals surface area (Å²) in [5.74, 6) is 2.28. The van der Waals surface area contributed by atoms with Gasteiger partial charge in [0, 0.05) is 11.3 Å². The van der Waals surface area contributed by atoms with Gasteiger partial charge in [0.05, 0.1) is 17.8 Å². The van der Waals surface area contributed by atoms with Crippen LogP contribution >= 0.6 is 27.7 Å². The molecule has 5 nitrogen and oxygen atoms in total. The van der Waals surface area contributed by atoms with E-state index in [0.717, 1.165) is 32.9 Å². The minimum Gasteiger partial charge on any atom is -0.496 e. The van der Waals surface area contributed by atoms with Gasteiger partial charge < -0.3 is 15.2 Å². The maximum Gasteiger partial charge on any atom is 0.180 e. The molecule has 0 amide bonds. The highest BCUT2D eigenvalue weighted by Gasteiger charge is 2.07. The Kier molecular flexibility index (Phi) is 8.35. The molecule has 0 aliphatic rings. The van der Waals surface area contributed by atoms with Crippen LogP contribution < -0.4 is 15.2 Å². The standard InChI is InChI=1S/C23H22BrN3O2S/c1-28-21-12-11-18(13-19(21)15-29-22-10-6-5-9-20(22)24)14-26-27-23(25)30-16-17-7-3-2-4-8-17/h2-14H,15-16H2,1H3,(H2,25,27). The Labute approximate surface area is 189 Å². The summed E-state index contributed by atoms with van der Waals surface area (Å²) in [6.07, 6.45) is 1.66. The molecule has 0 unspecified atom stereocenters. The normalized spacial score (nSPS) is 11.6. The van der Waals surface area contributed by atoms with E-state index < -0.39 is 0 Å². The van der Waals surface area contributed by atoms with Gasteiger partial charge in [-0.1, -0.05) is 54.2 Å². The second-order valence-electron chi connectivity index (χ2n) is 6.25. The number of benzene rings is 3. The molecule has 3 aromatic carbocycles. The van der Waals surface area contributed by atoms with Crippen LogP contribution in [-0.2, 0) is 12.4 Å². The number of rotatable bonds is 8. The summed E-state index contributed by atoms with van der Waals surface area (Å²) in [6.45, 7) is 0.367. The fraction of sp³-hybridized carbons (Fsp3) is 0.130. The van der Waals surface area contributed by atoms with Gasteiger partial charge in [0.2, 0.25) is 0 Å². The van der Waals surface area contributed by atoms with Crippen molar-refractivity contribution in [2.24, 2.45) is 15.9 Å². The van der Waals surface area contributed by atoms with E-state index in [4.69, 9.17) is 15.2 Å². The summed E-state index contributed by atoms with van der Waals surface area (Å²) >= 11 is 4.94. The van der Waals surface area contributed by atoms with Gasteiger partial charge in [0.25, 0.3) is 0 Å². The highest BCUT2D eigenvalue weighted by atomic mass is 79.9. The smallest absolute Gasteiger partial charge is 0.180 e. The predicted octanol–water partition coefficient (Wildman–Crippen LogP) is 5.62. The summed E-state index contributed by atoms with van der Waals surface area (Å²) in [4.78, 5) is 0.